The van der Waals surface area contributed by atoms with E-state index in [1.54, 1.807) is 19.1 Å². The molecule has 2 amide bonds. The molecule has 0 aliphatic carbocycles. The van der Waals surface area contributed by atoms with Crippen LogP contribution >= 0.6 is 0 Å². The number of allylic oxidation sites excluding steroid dienone is 1. The second-order valence-corrected chi connectivity index (χ2v) is 9.76. The van der Waals surface area contributed by atoms with Gasteiger partial charge < -0.3 is 24.1 Å². The van der Waals surface area contributed by atoms with Crippen molar-refractivity contribution in [2.45, 2.75) is 44.6 Å². The third-order valence-electron chi connectivity index (χ3n) is 6.76. The molecule has 0 saturated carbocycles. The van der Waals surface area contributed by atoms with E-state index in [-0.39, 0.29) is 25.6 Å². The minimum Gasteiger partial charge on any atom is -0.482 e. The smallest absolute Gasteiger partial charge is 0.416 e. The van der Waals surface area contributed by atoms with Gasteiger partial charge in [-0.05, 0) is 49.1 Å². The molecule has 2 aliphatic rings. The third-order valence-corrected chi connectivity index (χ3v) is 6.76. The van der Waals surface area contributed by atoms with Gasteiger partial charge in [0.25, 0.3) is 0 Å². The lowest BCUT2D eigenvalue weighted by Crippen LogP contribution is -2.48. The van der Waals surface area contributed by atoms with Crippen molar-refractivity contribution in [3.8, 4) is 0 Å². The Bertz CT molecular complexity index is 1200. The number of benzene rings is 2. The number of imide groups is 1. The number of cyclic esters (lactones) is 1. The maximum Gasteiger partial charge on any atom is 0.416 e. The fourth-order valence-electron chi connectivity index (χ4n) is 4.52. The first kappa shape index (κ1) is 29.2. The number of aliphatic hydroxyl groups is 1. The van der Waals surface area contributed by atoms with Crippen LogP contribution in [0.4, 0.5) is 4.79 Å². The van der Waals surface area contributed by atoms with Crippen LogP contribution in [0.2, 0.25) is 0 Å². The van der Waals surface area contributed by atoms with Gasteiger partial charge in [-0.1, -0.05) is 60.7 Å². The molecule has 0 aromatic heterocycles. The van der Waals surface area contributed by atoms with E-state index in [0.29, 0.717) is 31.8 Å². The van der Waals surface area contributed by atoms with Gasteiger partial charge in [0.1, 0.15) is 18.5 Å². The monoisotopic (exact) mass is 549 g/mol. The Kier molecular flexibility index (Phi) is 10.6. The van der Waals surface area contributed by atoms with E-state index in [4.69, 9.17) is 18.9 Å². The summed E-state index contributed by atoms with van der Waals surface area (Å²) in [5.41, 5.74) is 1.99. The minimum atomic E-state index is -1.06. The van der Waals surface area contributed by atoms with E-state index in [2.05, 4.69) is 0 Å². The van der Waals surface area contributed by atoms with E-state index >= 15 is 0 Å². The molecule has 4 unspecified atom stereocenters. The minimum absolute atomic E-state index is 0.102. The van der Waals surface area contributed by atoms with E-state index in [1.807, 2.05) is 60.7 Å². The van der Waals surface area contributed by atoms with Gasteiger partial charge in [0, 0.05) is 0 Å². The number of hydrogen-bond donors (Lipinski definition) is 1. The normalized spacial score (nSPS) is 21.2. The summed E-state index contributed by atoms with van der Waals surface area (Å²) in [5, 5.41) is 9.56. The molecule has 9 heteroatoms. The lowest BCUT2D eigenvalue weighted by Gasteiger charge is -2.29. The van der Waals surface area contributed by atoms with Crippen LogP contribution in [0.5, 0.6) is 0 Å². The molecule has 2 aliphatic heterocycles. The van der Waals surface area contributed by atoms with Crippen molar-refractivity contribution in [1.29, 1.82) is 0 Å². The van der Waals surface area contributed by atoms with E-state index in [1.165, 1.54) is 6.08 Å². The summed E-state index contributed by atoms with van der Waals surface area (Å²) in [6.45, 7) is 2.48. The highest BCUT2D eigenvalue weighted by atomic mass is 16.6. The Morgan fingerprint density at radius 2 is 1.77 bits per heavy atom. The Hall–Kier alpha value is -3.79. The zero-order valence-electron chi connectivity index (χ0n) is 22.5. The molecule has 1 fully saturated rings. The molecule has 0 bridgehead atoms. The average Bonchev–Trinajstić information content (AvgIpc) is 3.34. The highest BCUT2D eigenvalue weighted by molar-refractivity contribution is 6.01. The van der Waals surface area contributed by atoms with Gasteiger partial charge in [-0.3, -0.25) is 9.59 Å². The number of carbonyl (C=O) groups is 3. The number of nitrogens with zero attached hydrogens (tertiary/aromatic N) is 1. The molecule has 0 spiro atoms. The highest BCUT2D eigenvalue weighted by Crippen LogP contribution is 2.25. The first-order valence-electron chi connectivity index (χ1n) is 13.4. The summed E-state index contributed by atoms with van der Waals surface area (Å²) >= 11 is 0. The summed E-state index contributed by atoms with van der Waals surface area (Å²) in [5.74, 6) is -1.31. The second kappa shape index (κ2) is 14.6. The van der Waals surface area contributed by atoms with E-state index in [0.717, 1.165) is 16.0 Å². The van der Waals surface area contributed by atoms with Gasteiger partial charge in [0.05, 0.1) is 38.4 Å². The van der Waals surface area contributed by atoms with Crippen molar-refractivity contribution in [1.82, 2.24) is 4.90 Å². The molecule has 1 N–H and O–H groups in total. The maximum absolute atomic E-state index is 13.3. The van der Waals surface area contributed by atoms with Gasteiger partial charge in [-0.2, -0.15) is 0 Å². The summed E-state index contributed by atoms with van der Waals surface area (Å²) < 4.78 is 22.4. The summed E-state index contributed by atoms with van der Waals surface area (Å²) in [4.78, 5) is 39.5. The molecular weight excluding hydrogens is 514 g/mol. The summed E-state index contributed by atoms with van der Waals surface area (Å²) in [7, 11) is 0. The highest BCUT2D eigenvalue weighted by Gasteiger charge is 2.43. The van der Waals surface area contributed by atoms with Crippen molar-refractivity contribution >= 4 is 17.8 Å². The van der Waals surface area contributed by atoms with Crippen LogP contribution in [0.3, 0.4) is 0 Å². The van der Waals surface area contributed by atoms with Crippen molar-refractivity contribution < 1.29 is 38.4 Å². The number of ether oxygens (including phenoxy) is 4. The van der Waals surface area contributed by atoms with Crippen LogP contribution in [-0.2, 0) is 41.6 Å². The number of amides is 2. The molecular formula is C31H35NO8. The van der Waals surface area contributed by atoms with E-state index < -0.39 is 36.2 Å². The number of rotatable bonds is 13. The number of ketones is 1. The second-order valence-electron chi connectivity index (χ2n) is 9.76. The van der Waals surface area contributed by atoms with Gasteiger partial charge in [-0.25, -0.2) is 9.69 Å². The van der Waals surface area contributed by atoms with Crippen molar-refractivity contribution in [2.75, 3.05) is 26.4 Å². The topological polar surface area (TPSA) is 112 Å². The molecule has 0 radical (unpaired) electrons. The lowest BCUT2D eigenvalue weighted by molar-refractivity contribution is -0.142. The standard InChI is InChI=1S/C31H35NO8/c1-22(30(35)32-25(20-39-31(32)36)17-23-9-4-2-5-10-23)29-28(34)15-14-26(40-29)13-8-16-37-21-27(18-33)38-19-24-11-6-3-7-12-24/h2-7,9-15,22,25,27,29,33H,8,16-21H2,1H3. The van der Waals surface area contributed by atoms with Crippen LogP contribution < -0.4 is 0 Å². The number of hydrogen-bond acceptors (Lipinski definition) is 8. The van der Waals surface area contributed by atoms with Crippen LogP contribution in [-0.4, -0.2) is 72.5 Å². The summed E-state index contributed by atoms with van der Waals surface area (Å²) in [6, 6.07) is 18.8. The fourth-order valence-corrected chi connectivity index (χ4v) is 4.52. The Morgan fingerprint density at radius 1 is 1.07 bits per heavy atom. The van der Waals surface area contributed by atoms with Crippen LogP contribution in [0.1, 0.15) is 24.5 Å². The SMILES string of the molecule is CC(C(=O)N1C(=O)OCC1Cc1ccccc1)C1OC(=CCCOCC(CO)OCc2ccccc2)C=CC1=O. The third kappa shape index (κ3) is 7.88. The summed E-state index contributed by atoms with van der Waals surface area (Å²) in [6.07, 6.45) is 3.44. The van der Waals surface area contributed by atoms with Crippen LogP contribution in [0, 0.1) is 5.92 Å². The zero-order chi connectivity index (χ0) is 28.3. The largest absolute Gasteiger partial charge is 0.482 e. The maximum atomic E-state index is 13.3. The van der Waals surface area contributed by atoms with Crippen molar-refractivity contribution in [2.24, 2.45) is 5.92 Å². The van der Waals surface area contributed by atoms with Crippen LogP contribution in [0.25, 0.3) is 0 Å². The molecule has 40 heavy (non-hydrogen) atoms. The zero-order valence-corrected chi connectivity index (χ0v) is 22.5. The Labute approximate surface area is 234 Å². The van der Waals surface area contributed by atoms with Gasteiger partial charge in [0.15, 0.2) is 11.9 Å². The molecule has 9 nitrogen and oxygen atoms in total. The molecule has 1 saturated heterocycles. The first-order chi connectivity index (χ1) is 19.5. The first-order valence-corrected chi connectivity index (χ1v) is 13.4. The number of aliphatic hydroxyl groups excluding tert-OH is 1. The van der Waals surface area contributed by atoms with Gasteiger partial charge in [0.2, 0.25) is 5.91 Å². The van der Waals surface area contributed by atoms with Gasteiger partial charge in [-0.15, -0.1) is 0 Å². The van der Waals surface area contributed by atoms with Gasteiger partial charge >= 0.3 is 6.09 Å². The average molecular weight is 550 g/mol. The fraction of sp³-hybridized carbons (Fsp3) is 0.387. The quantitative estimate of drug-likeness (QED) is 0.377. The Morgan fingerprint density at radius 3 is 2.48 bits per heavy atom. The lowest BCUT2D eigenvalue weighted by atomic mass is 9.96. The molecule has 2 aromatic rings. The molecule has 2 aromatic carbocycles. The molecule has 212 valence electrons. The predicted molar refractivity (Wildman–Crippen MR) is 146 cm³/mol. The van der Waals surface area contributed by atoms with E-state index in [9.17, 15) is 19.5 Å². The molecule has 4 rings (SSSR count). The Balaban J connectivity index is 1.26. The van der Waals surface area contributed by atoms with Crippen LogP contribution in [0.15, 0.2) is 84.7 Å². The molecule has 2 heterocycles. The number of carbonyl (C=O) groups excluding carboxylic acids is 3. The molecule has 4 atom stereocenters. The predicted octanol–water partition coefficient (Wildman–Crippen LogP) is 3.61. The van der Waals surface area contributed by atoms with Crippen molar-refractivity contribution in [3.05, 3.63) is 95.8 Å². The van der Waals surface area contributed by atoms with Crippen molar-refractivity contribution in [3.63, 3.8) is 0 Å².